The molecule has 2 fully saturated rings. The van der Waals surface area contributed by atoms with E-state index in [2.05, 4.69) is 39.7 Å². The highest BCUT2D eigenvalue weighted by Gasteiger charge is 2.33. The molecule has 4 heteroatoms. The number of furan rings is 1. The molecule has 0 bridgehead atoms. The van der Waals surface area contributed by atoms with E-state index >= 15 is 0 Å². The minimum Gasteiger partial charge on any atom is -0.458 e. The summed E-state index contributed by atoms with van der Waals surface area (Å²) >= 11 is 0. The van der Waals surface area contributed by atoms with Crippen LogP contribution in [-0.4, -0.2) is 33.6 Å². The lowest BCUT2D eigenvalue weighted by molar-refractivity contribution is 0.0521. The summed E-state index contributed by atoms with van der Waals surface area (Å²) < 4.78 is 8.33. The molecule has 0 unspecified atom stereocenters. The van der Waals surface area contributed by atoms with E-state index in [0.29, 0.717) is 0 Å². The molecule has 2 aliphatic rings. The van der Waals surface area contributed by atoms with Crippen LogP contribution in [0.5, 0.6) is 0 Å². The maximum absolute atomic E-state index is 6.01. The van der Waals surface area contributed by atoms with Gasteiger partial charge in [0.2, 0.25) is 0 Å². The molecule has 4 rings (SSSR count). The lowest BCUT2D eigenvalue weighted by atomic mass is 9.83. The molecule has 0 N–H and O–H groups in total. The van der Waals surface area contributed by atoms with Crippen LogP contribution in [0.4, 0.5) is 0 Å². The predicted molar refractivity (Wildman–Crippen MR) is 95.9 cm³/mol. The molecule has 24 heavy (non-hydrogen) atoms. The largest absolute Gasteiger partial charge is 0.458 e. The molecule has 2 aromatic rings. The Morgan fingerprint density at radius 1 is 1.17 bits per heavy atom. The third-order valence-electron chi connectivity index (χ3n) is 5.75. The lowest BCUT2D eigenvalue weighted by Crippen LogP contribution is -2.49. The van der Waals surface area contributed by atoms with Crippen molar-refractivity contribution in [1.29, 1.82) is 0 Å². The van der Waals surface area contributed by atoms with Crippen LogP contribution in [0.15, 0.2) is 28.9 Å². The molecule has 0 radical (unpaired) electrons. The van der Waals surface area contributed by atoms with Gasteiger partial charge in [0.15, 0.2) is 11.6 Å². The Hall–Kier alpha value is -1.55. The normalized spacial score (nSPS) is 24.9. The maximum Gasteiger partial charge on any atom is 0.176 e. The molecular weight excluding hydrogens is 298 g/mol. The second-order valence-electron chi connectivity index (χ2n) is 7.42. The van der Waals surface area contributed by atoms with Crippen LogP contribution in [0.1, 0.15) is 51.2 Å². The first kappa shape index (κ1) is 15.9. The van der Waals surface area contributed by atoms with Crippen molar-refractivity contribution in [2.45, 2.75) is 64.5 Å². The fourth-order valence-corrected chi connectivity index (χ4v) is 4.60. The number of rotatable bonds is 5. The van der Waals surface area contributed by atoms with E-state index in [1.165, 1.54) is 45.2 Å². The number of piperidine rings is 2. The molecule has 4 heterocycles. The van der Waals surface area contributed by atoms with E-state index in [9.17, 15) is 0 Å². The van der Waals surface area contributed by atoms with Crippen molar-refractivity contribution in [2.24, 2.45) is 5.92 Å². The van der Waals surface area contributed by atoms with Gasteiger partial charge in [-0.1, -0.05) is 13.3 Å². The van der Waals surface area contributed by atoms with Gasteiger partial charge in [0.1, 0.15) is 5.76 Å². The van der Waals surface area contributed by atoms with Crippen LogP contribution < -0.4 is 0 Å². The summed E-state index contributed by atoms with van der Waals surface area (Å²) in [7, 11) is 0. The Labute approximate surface area is 144 Å². The van der Waals surface area contributed by atoms with Gasteiger partial charge in [-0.2, -0.15) is 0 Å². The van der Waals surface area contributed by atoms with E-state index in [1.807, 2.05) is 6.20 Å². The average molecular weight is 327 g/mol. The van der Waals surface area contributed by atoms with Crippen molar-refractivity contribution in [3.8, 4) is 11.6 Å². The average Bonchev–Trinajstić information content (AvgIpc) is 3.25. The summed E-state index contributed by atoms with van der Waals surface area (Å²) in [6.07, 6.45) is 13.0. The molecule has 2 aromatic heterocycles. The van der Waals surface area contributed by atoms with Gasteiger partial charge in [-0.3, -0.25) is 0 Å². The quantitative estimate of drug-likeness (QED) is 0.818. The van der Waals surface area contributed by atoms with Crippen LogP contribution in [0, 0.1) is 5.92 Å². The Bertz CT molecular complexity index is 657. The Balaban J connectivity index is 1.51. The van der Waals surface area contributed by atoms with Gasteiger partial charge in [-0.05, 0) is 63.2 Å². The van der Waals surface area contributed by atoms with Gasteiger partial charge in [-0.25, -0.2) is 4.98 Å². The minimum absolute atomic E-state index is 0.747. The van der Waals surface area contributed by atoms with Crippen molar-refractivity contribution >= 4 is 0 Å². The molecule has 2 saturated heterocycles. The fraction of sp³-hybridized carbons (Fsp3) is 0.650. The third-order valence-corrected chi connectivity index (χ3v) is 5.75. The number of fused-ring (bicyclic) bond motifs is 1. The molecule has 2 atom stereocenters. The molecular formula is C20H29N3O. The zero-order valence-corrected chi connectivity index (χ0v) is 14.8. The summed E-state index contributed by atoms with van der Waals surface area (Å²) in [6.45, 7) is 5.86. The van der Waals surface area contributed by atoms with E-state index < -0.39 is 0 Å². The van der Waals surface area contributed by atoms with E-state index in [0.717, 1.165) is 48.7 Å². The van der Waals surface area contributed by atoms with E-state index in [-0.39, 0.29) is 0 Å². The summed E-state index contributed by atoms with van der Waals surface area (Å²) in [4.78, 5) is 7.32. The number of hydrogen-bond donors (Lipinski definition) is 0. The molecule has 0 spiro atoms. The van der Waals surface area contributed by atoms with Gasteiger partial charge >= 0.3 is 0 Å². The van der Waals surface area contributed by atoms with Gasteiger partial charge in [0, 0.05) is 31.4 Å². The second-order valence-corrected chi connectivity index (χ2v) is 7.42. The monoisotopic (exact) mass is 327 g/mol. The highest BCUT2D eigenvalue weighted by molar-refractivity contribution is 5.47. The molecule has 2 aliphatic heterocycles. The number of imidazole rings is 1. The molecule has 130 valence electrons. The Morgan fingerprint density at radius 2 is 2.08 bits per heavy atom. The SMILES string of the molecule is CCCc1ccc(-c2nccn2C[C@@H]2CCCN3CCCC[C@H]23)o1. The zero-order valence-electron chi connectivity index (χ0n) is 14.8. The smallest absolute Gasteiger partial charge is 0.176 e. The van der Waals surface area contributed by atoms with Crippen molar-refractivity contribution in [3.05, 3.63) is 30.3 Å². The van der Waals surface area contributed by atoms with Crippen molar-refractivity contribution < 1.29 is 4.42 Å². The number of nitrogens with zero attached hydrogens (tertiary/aromatic N) is 3. The van der Waals surface area contributed by atoms with Crippen LogP contribution >= 0.6 is 0 Å². The first-order valence-corrected chi connectivity index (χ1v) is 9.69. The first-order valence-electron chi connectivity index (χ1n) is 9.69. The topological polar surface area (TPSA) is 34.2 Å². The highest BCUT2D eigenvalue weighted by atomic mass is 16.3. The van der Waals surface area contributed by atoms with Gasteiger partial charge in [0.05, 0.1) is 0 Å². The number of aryl methyl sites for hydroxylation is 1. The van der Waals surface area contributed by atoms with Crippen molar-refractivity contribution in [1.82, 2.24) is 14.5 Å². The minimum atomic E-state index is 0.747. The molecule has 0 aromatic carbocycles. The Morgan fingerprint density at radius 3 is 3.00 bits per heavy atom. The van der Waals surface area contributed by atoms with Crippen LogP contribution in [0.3, 0.4) is 0 Å². The van der Waals surface area contributed by atoms with Gasteiger partial charge in [0.25, 0.3) is 0 Å². The first-order chi connectivity index (χ1) is 11.8. The fourth-order valence-electron chi connectivity index (χ4n) is 4.60. The summed E-state index contributed by atoms with van der Waals surface area (Å²) in [5, 5.41) is 0. The van der Waals surface area contributed by atoms with E-state index in [4.69, 9.17) is 4.42 Å². The van der Waals surface area contributed by atoms with Crippen LogP contribution in [-0.2, 0) is 13.0 Å². The summed E-state index contributed by atoms with van der Waals surface area (Å²) in [5.41, 5.74) is 0. The standard InChI is InChI=1S/C20H29N3O/c1-2-6-17-9-10-19(24-17)20-21-11-14-23(20)15-16-7-5-13-22-12-4-3-8-18(16)22/h9-11,14,16,18H,2-8,12-13,15H2,1H3/t16-,18+/m0/s1. The second kappa shape index (κ2) is 7.14. The van der Waals surface area contributed by atoms with Crippen LogP contribution in [0.25, 0.3) is 11.6 Å². The van der Waals surface area contributed by atoms with Crippen molar-refractivity contribution in [3.63, 3.8) is 0 Å². The zero-order chi connectivity index (χ0) is 16.4. The summed E-state index contributed by atoms with van der Waals surface area (Å²) in [6, 6.07) is 4.95. The van der Waals surface area contributed by atoms with E-state index in [1.54, 1.807) is 0 Å². The predicted octanol–water partition coefficient (Wildman–Crippen LogP) is 4.36. The van der Waals surface area contributed by atoms with Gasteiger partial charge < -0.3 is 13.9 Å². The number of hydrogen-bond acceptors (Lipinski definition) is 3. The Kier molecular flexibility index (Phi) is 4.74. The summed E-state index contributed by atoms with van der Waals surface area (Å²) in [5.74, 6) is 3.72. The lowest BCUT2D eigenvalue weighted by Gasteiger charge is -2.44. The van der Waals surface area contributed by atoms with Gasteiger partial charge in [-0.15, -0.1) is 0 Å². The van der Waals surface area contributed by atoms with Crippen LogP contribution in [0.2, 0.25) is 0 Å². The number of aromatic nitrogens is 2. The maximum atomic E-state index is 6.01. The molecule has 0 saturated carbocycles. The molecule has 4 nitrogen and oxygen atoms in total. The third kappa shape index (κ3) is 3.16. The van der Waals surface area contributed by atoms with Crippen molar-refractivity contribution in [2.75, 3.05) is 13.1 Å². The molecule has 0 aliphatic carbocycles. The molecule has 0 amide bonds. The highest BCUT2D eigenvalue weighted by Crippen LogP contribution is 2.33.